The predicted octanol–water partition coefficient (Wildman–Crippen LogP) is 1.87. The molecule has 3 atom stereocenters. The summed E-state index contributed by atoms with van der Waals surface area (Å²) >= 11 is 0. The molecule has 1 N–H and O–H groups in total. The number of alkyl halides is 6. The molecule has 26 heavy (non-hydrogen) atoms. The lowest BCUT2D eigenvalue weighted by molar-refractivity contribution is -0.197. The number of halogens is 6. The third-order valence-electron chi connectivity index (χ3n) is 3.59. The molecule has 1 rings (SSSR count). The lowest BCUT2D eigenvalue weighted by atomic mass is 9.79. The lowest BCUT2D eigenvalue weighted by Crippen LogP contribution is -2.42. The molecule has 1 saturated carbocycles. The summed E-state index contributed by atoms with van der Waals surface area (Å²) in [6.45, 7) is -4.00. The molecule has 0 radical (unpaired) electrons. The van der Waals surface area contributed by atoms with E-state index in [1.165, 1.54) is 0 Å². The number of esters is 2. The van der Waals surface area contributed by atoms with Gasteiger partial charge >= 0.3 is 24.3 Å². The highest BCUT2D eigenvalue weighted by molar-refractivity contribution is 7.86. The number of rotatable bonds is 5. The zero-order chi connectivity index (χ0) is 20.3. The Labute approximate surface area is 143 Å². The van der Waals surface area contributed by atoms with E-state index in [1.807, 2.05) is 0 Å². The van der Waals surface area contributed by atoms with Crippen LogP contribution in [0.5, 0.6) is 0 Å². The fourth-order valence-corrected chi connectivity index (χ4v) is 3.35. The molecular formula is C12H14F6O7S. The van der Waals surface area contributed by atoms with Crippen LogP contribution in [0.1, 0.15) is 19.3 Å². The SMILES string of the molecule is O=C(OCC(F)(F)F)C1CCC(S(=O)(=O)O)CC1C(=O)OCC(F)(F)F. The molecule has 0 aromatic carbocycles. The van der Waals surface area contributed by atoms with Crippen molar-refractivity contribution in [3.8, 4) is 0 Å². The van der Waals surface area contributed by atoms with Gasteiger partial charge in [0.25, 0.3) is 10.1 Å². The summed E-state index contributed by atoms with van der Waals surface area (Å²) in [7, 11) is -4.68. The average Bonchev–Trinajstić information content (AvgIpc) is 2.47. The van der Waals surface area contributed by atoms with Gasteiger partial charge in [-0.05, 0) is 19.3 Å². The van der Waals surface area contributed by atoms with Gasteiger partial charge in [0, 0.05) is 0 Å². The van der Waals surface area contributed by atoms with E-state index >= 15 is 0 Å². The third kappa shape index (κ3) is 7.35. The molecule has 0 bridgehead atoms. The molecule has 1 aliphatic rings. The molecule has 3 unspecified atom stereocenters. The summed E-state index contributed by atoms with van der Waals surface area (Å²) in [6, 6.07) is 0. The van der Waals surface area contributed by atoms with E-state index in [-0.39, 0.29) is 0 Å². The van der Waals surface area contributed by atoms with Crippen LogP contribution in [0.4, 0.5) is 26.3 Å². The fraction of sp³-hybridized carbons (Fsp3) is 0.833. The molecule has 152 valence electrons. The molecule has 1 fully saturated rings. The highest BCUT2D eigenvalue weighted by Gasteiger charge is 2.46. The Morgan fingerprint density at radius 1 is 0.885 bits per heavy atom. The van der Waals surface area contributed by atoms with E-state index < -0.39 is 84.0 Å². The Bertz CT molecular complexity index is 627. The molecule has 14 heteroatoms. The van der Waals surface area contributed by atoms with Crippen molar-refractivity contribution in [2.75, 3.05) is 13.2 Å². The van der Waals surface area contributed by atoms with Crippen LogP contribution >= 0.6 is 0 Å². The minimum absolute atomic E-state index is 0.395. The second-order valence-electron chi connectivity index (χ2n) is 5.61. The Morgan fingerprint density at radius 2 is 1.31 bits per heavy atom. The van der Waals surface area contributed by atoms with Gasteiger partial charge in [-0.15, -0.1) is 0 Å². The second-order valence-corrected chi connectivity index (χ2v) is 7.31. The molecule has 0 aromatic rings. The molecule has 0 heterocycles. The van der Waals surface area contributed by atoms with Crippen molar-refractivity contribution >= 4 is 22.1 Å². The highest BCUT2D eigenvalue weighted by atomic mass is 32.2. The zero-order valence-corrected chi connectivity index (χ0v) is 13.7. The maximum atomic E-state index is 12.1. The number of hydrogen-bond donors (Lipinski definition) is 1. The summed E-state index contributed by atoms with van der Waals surface area (Å²) in [4.78, 5) is 23.6. The van der Waals surface area contributed by atoms with E-state index in [4.69, 9.17) is 4.55 Å². The van der Waals surface area contributed by atoms with Crippen molar-refractivity contribution in [3.63, 3.8) is 0 Å². The monoisotopic (exact) mass is 416 g/mol. The van der Waals surface area contributed by atoms with Crippen molar-refractivity contribution in [1.82, 2.24) is 0 Å². The quantitative estimate of drug-likeness (QED) is 0.414. The van der Waals surface area contributed by atoms with Crippen LogP contribution in [0.2, 0.25) is 0 Å². The molecule has 0 aliphatic heterocycles. The zero-order valence-electron chi connectivity index (χ0n) is 12.8. The van der Waals surface area contributed by atoms with Gasteiger partial charge in [0.2, 0.25) is 0 Å². The van der Waals surface area contributed by atoms with Gasteiger partial charge in [0.05, 0.1) is 17.1 Å². The van der Waals surface area contributed by atoms with E-state index in [9.17, 15) is 44.3 Å². The van der Waals surface area contributed by atoms with Gasteiger partial charge in [-0.2, -0.15) is 34.8 Å². The first kappa shape index (κ1) is 22.5. The summed E-state index contributed by atoms with van der Waals surface area (Å²) in [5, 5.41) is -1.57. The second kappa shape index (κ2) is 7.98. The topological polar surface area (TPSA) is 107 Å². The van der Waals surface area contributed by atoms with Crippen molar-refractivity contribution in [2.45, 2.75) is 36.9 Å². The summed E-state index contributed by atoms with van der Waals surface area (Å²) < 4.78 is 112. The number of ether oxygens (including phenoxy) is 2. The van der Waals surface area contributed by atoms with Gasteiger partial charge in [0.1, 0.15) is 0 Å². The van der Waals surface area contributed by atoms with Crippen LogP contribution in [-0.4, -0.2) is 55.7 Å². The Morgan fingerprint density at radius 3 is 1.69 bits per heavy atom. The Kier molecular flexibility index (Phi) is 6.90. The maximum absolute atomic E-state index is 12.1. The van der Waals surface area contributed by atoms with E-state index in [0.717, 1.165) is 0 Å². The summed E-state index contributed by atoms with van der Waals surface area (Å²) in [6.07, 6.45) is -11.4. The molecule has 0 saturated heterocycles. The fourth-order valence-electron chi connectivity index (χ4n) is 2.47. The molecule has 1 aliphatic carbocycles. The smallest absolute Gasteiger partial charge is 0.422 e. The van der Waals surface area contributed by atoms with E-state index in [0.29, 0.717) is 0 Å². The first-order valence-electron chi connectivity index (χ1n) is 7.03. The Balaban J connectivity index is 2.92. The van der Waals surface area contributed by atoms with Crippen LogP contribution in [-0.2, 0) is 29.2 Å². The Hall–Kier alpha value is -1.57. The van der Waals surface area contributed by atoms with Crippen molar-refractivity contribution < 1.29 is 58.4 Å². The number of carbonyl (C=O) groups is 2. The largest absolute Gasteiger partial charge is 0.456 e. The molecular weight excluding hydrogens is 402 g/mol. The highest BCUT2D eigenvalue weighted by Crippen LogP contribution is 2.35. The minimum Gasteiger partial charge on any atom is -0.456 e. The van der Waals surface area contributed by atoms with Crippen LogP contribution < -0.4 is 0 Å². The summed E-state index contributed by atoms with van der Waals surface area (Å²) in [5.41, 5.74) is 0. The van der Waals surface area contributed by atoms with E-state index in [2.05, 4.69) is 9.47 Å². The van der Waals surface area contributed by atoms with Gasteiger partial charge in [-0.3, -0.25) is 14.1 Å². The molecule has 0 amide bonds. The van der Waals surface area contributed by atoms with Gasteiger partial charge in [-0.25, -0.2) is 0 Å². The molecule has 0 spiro atoms. The van der Waals surface area contributed by atoms with Crippen molar-refractivity contribution in [1.29, 1.82) is 0 Å². The van der Waals surface area contributed by atoms with Crippen LogP contribution in [0.25, 0.3) is 0 Å². The van der Waals surface area contributed by atoms with Crippen LogP contribution in [0.15, 0.2) is 0 Å². The lowest BCUT2D eigenvalue weighted by Gasteiger charge is -2.32. The minimum atomic E-state index is -4.90. The predicted molar refractivity (Wildman–Crippen MR) is 70.2 cm³/mol. The molecule has 0 aromatic heterocycles. The van der Waals surface area contributed by atoms with Crippen molar-refractivity contribution in [2.24, 2.45) is 11.8 Å². The van der Waals surface area contributed by atoms with Gasteiger partial charge in [0.15, 0.2) is 13.2 Å². The van der Waals surface area contributed by atoms with E-state index in [1.54, 1.807) is 0 Å². The first-order chi connectivity index (χ1) is 11.6. The van der Waals surface area contributed by atoms with Gasteiger partial charge < -0.3 is 9.47 Å². The van der Waals surface area contributed by atoms with Crippen molar-refractivity contribution in [3.05, 3.63) is 0 Å². The third-order valence-corrected chi connectivity index (χ3v) is 4.86. The number of hydrogen-bond acceptors (Lipinski definition) is 6. The van der Waals surface area contributed by atoms with Crippen LogP contribution in [0.3, 0.4) is 0 Å². The first-order valence-corrected chi connectivity index (χ1v) is 8.53. The normalized spacial score (nSPS) is 24.8. The standard InChI is InChI=1S/C12H14F6O7S/c13-11(14,15)4-24-9(19)7-2-1-6(26(21,22)23)3-8(7)10(20)25-5-12(16,17)18/h6-8H,1-5H2,(H,21,22,23). The summed E-state index contributed by atoms with van der Waals surface area (Å²) in [5.74, 6) is -6.58. The average molecular weight is 416 g/mol. The molecule has 7 nitrogen and oxygen atoms in total. The maximum Gasteiger partial charge on any atom is 0.422 e. The number of carbonyl (C=O) groups excluding carboxylic acids is 2. The van der Waals surface area contributed by atoms with Gasteiger partial charge in [-0.1, -0.05) is 0 Å². The van der Waals surface area contributed by atoms with Crippen LogP contribution in [0, 0.1) is 11.8 Å².